The van der Waals surface area contributed by atoms with Crippen LogP contribution in [0.4, 0.5) is 0 Å². The third-order valence-electron chi connectivity index (χ3n) is 19.0. The molecule has 3 nitrogen and oxygen atoms in total. The molecule has 2 spiro atoms. The van der Waals surface area contributed by atoms with Crippen molar-refractivity contribution in [3.8, 4) is 89.0 Å². The quantitative estimate of drug-likeness (QED) is 0.176. The fourth-order valence-corrected chi connectivity index (χ4v) is 15.7. The van der Waals surface area contributed by atoms with Gasteiger partial charge in [0.05, 0.1) is 10.8 Å². The maximum absolute atomic E-state index is 6.67. The average molecular weight is 1040 g/mol. The third kappa shape index (κ3) is 5.57. The summed E-state index contributed by atoms with van der Waals surface area (Å²) in [6, 6.07) is 96.9. The molecular weight excluding hydrogens is 995 g/mol. The first-order valence-corrected chi connectivity index (χ1v) is 28.4. The van der Waals surface area contributed by atoms with Crippen LogP contribution in [0.1, 0.15) is 44.5 Å². The lowest BCUT2D eigenvalue weighted by Gasteiger charge is -2.31. The fourth-order valence-electron chi connectivity index (χ4n) is 15.7. The number of hydrogen-bond donors (Lipinski definition) is 0. The standard InChI is InChI=1S/C79H45NO2/c1-7-25-66-54(15-1)55-16-2-8-26-67(55)78(66)70-40-46(31-35-58(70)60-37-33-48(42-72(60)78)52-21-13-23-64-62-19-5-11-29-74(62)81-76(52)64)50-39-51(45-80-44-50)47-32-36-59-61-38-34-49(53-22-14-24-65-63-20-6-12-30-75(63)82-77(53)65)43-73(61)79(71(59)41-47)68-27-9-3-17-56(68)57-18-4-10-28-69(57)79/h1-45H. The van der Waals surface area contributed by atoms with Crippen molar-refractivity contribution >= 4 is 43.9 Å². The molecular formula is C79H45NO2. The van der Waals surface area contributed by atoms with Crippen LogP contribution in [0.5, 0.6) is 0 Å². The highest BCUT2D eigenvalue weighted by Crippen LogP contribution is 2.66. The number of rotatable bonds is 4. The van der Waals surface area contributed by atoms with Gasteiger partial charge in [0.2, 0.25) is 0 Å². The number of pyridine rings is 1. The lowest BCUT2D eigenvalue weighted by Crippen LogP contribution is -2.26. The van der Waals surface area contributed by atoms with Gasteiger partial charge in [0.1, 0.15) is 22.3 Å². The molecule has 15 aromatic rings. The topological polar surface area (TPSA) is 39.2 Å². The van der Waals surface area contributed by atoms with E-state index in [9.17, 15) is 0 Å². The SMILES string of the molecule is c1ccc2c(c1)-c1ccccc1C21c2cc(-c3cncc(-c4ccc5c(c4)C4(c6ccccc6-c6ccccc64)c4cc(-c6cccc7c6oc6ccccc67)ccc4-5)c3)ccc2-c2ccc(-c3cccc4c3oc3ccccc34)cc21. The van der Waals surface area contributed by atoms with E-state index in [0.717, 1.165) is 88.4 Å². The summed E-state index contributed by atoms with van der Waals surface area (Å²) in [4.78, 5) is 5.08. The van der Waals surface area contributed by atoms with Crippen LogP contribution in [0.3, 0.4) is 0 Å². The second-order valence-corrected chi connectivity index (χ2v) is 22.7. The molecule has 378 valence electrons. The van der Waals surface area contributed by atoms with Crippen molar-refractivity contribution in [2.24, 2.45) is 0 Å². The van der Waals surface area contributed by atoms with Gasteiger partial charge in [0.25, 0.3) is 0 Å². The van der Waals surface area contributed by atoms with Gasteiger partial charge in [-0.3, -0.25) is 4.98 Å². The Balaban J connectivity index is 0.774. The Labute approximate surface area is 472 Å². The molecule has 0 saturated carbocycles. The van der Waals surface area contributed by atoms with Gasteiger partial charge in [0.15, 0.2) is 0 Å². The molecule has 12 aromatic carbocycles. The Morgan fingerprint density at radius 3 is 0.927 bits per heavy atom. The average Bonchev–Trinajstić information content (AvgIpc) is 2.66. The molecule has 82 heavy (non-hydrogen) atoms. The highest BCUT2D eigenvalue weighted by molar-refractivity contribution is 6.11. The van der Waals surface area contributed by atoms with Gasteiger partial charge in [-0.25, -0.2) is 0 Å². The van der Waals surface area contributed by atoms with Crippen molar-refractivity contribution in [3.63, 3.8) is 0 Å². The minimum atomic E-state index is -0.563. The van der Waals surface area contributed by atoms with Crippen LogP contribution < -0.4 is 0 Å². The van der Waals surface area contributed by atoms with Crippen molar-refractivity contribution in [2.45, 2.75) is 10.8 Å². The maximum atomic E-state index is 6.67. The van der Waals surface area contributed by atoms with E-state index in [1.165, 1.54) is 89.0 Å². The largest absolute Gasteiger partial charge is 0.455 e. The monoisotopic (exact) mass is 1040 g/mol. The molecule has 0 amide bonds. The third-order valence-corrected chi connectivity index (χ3v) is 19.0. The first-order chi connectivity index (χ1) is 40.6. The van der Waals surface area contributed by atoms with E-state index < -0.39 is 10.8 Å². The molecule has 3 aromatic heterocycles. The van der Waals surface area contributed by atoms with E-state index >= 15 is 0 Å². The highest BCUT2D eigenvalue weighted by atomic mass is 16.3. The van der Waals surface area contributed by atoms with Crippen molar-refractivity contribution in [3.05, 3.63) is 318 Å². The predicted molar refractivity (Wildman–Crippen MR) is 333 cm³/mol. The van der Waals surface area contributed by atoms with Gasteiger partial charge >= 0.3 is 0 Å². The molecule has 3 heteroatoms. The molecule has 0 aliphatic heterocycles. The minimum absolute atomic E-state index is 0.563. The van der Waals surface area contributed by atoms with Crippen LogP contribution in [-0.4, -0.2) is 4.98 Å². The first-order valence-electron chi connectivity index (χ1n) is 28.4. The Morgan fingerprint density at radius 1 is 0.220 bits per heavy atom. The maximum Gasteiger partial charge on any atom is 0.143 e. The summed E-state index contributed by atoms with van der Waals surface area (Å²) in [7, 11) is 0. The van der Waals surface area contributed by atoms with Crippen molar-refractivity contribution in [2.75, 3.05) is 0 Å². The summed E-state index contributed by atoms with van der Waals surface area (Å²) in [5.74, 6) is 0. The number of furan rings is 2. The van der Waals surface area contributed by atoms with Crippen LogP contribution in [0.2, 0.25) is 0 Å². The van der Waals surface area contributed by atoms with Crippen LogP contribution in [0.15, 0.2) is 282 Å². The van der Waals surface area contributed by atoms with Gasteiger partial charge < -0.3 is 8.83 Å². The molecule has 19 rings (SSSR count). The zero-order valence-corrected chi connectivity index (χ0v) is 44.2. The molecule has 3 heterocycles. The lowest BCUT2D eigenvalue weighted by atomic mass is 9.70. The minimum Gasteiger partial charge on any atom is -0.455 e. The Bertz CT molecular complexity index is 4900. The van der Waals surface area contributed by atoms with Crippen LogP contribution in [0, 0.1) is 0 Å². The van der Waals surface area contributed by atoms with Gasteiger partial charge in [0, 0.05) is 56.2 Å². The summed E-state index contributed by atoms with van der Waals surface area (Å²) in [5, 5.41) is 4.53. The van der Waals surface area contributed by atoms with Gasteiger partial charge in [-0.05, 0) is 154 Å². The number of aromatic nitrogens is 1. The van der Waals surface area contributed by atoms with Gasteiger partial charge in [-0.15, -0.1) is 0 Å². The van der Waals surface area contributed by atoms with E-state index in [2.05, 4.69) is 249 Å². The van der Waals surface area contributed by atoms with Crippen LogP contribution in [0.25, 0.3) is 133 Å². The van der Waals surface area contributed by atoms with Gasteiger partial charge in [-0.1, -0.05) is 218 Å². The fraction of sp³-hybridized carbons (Fsp3) is 0.0253. The molecule has 0 unspecified atom stereocenters. The second-order valence-electron chi connectivity index (χ2n) is 22.7. The number of fused-ring (bicyclic) bond motifs is 26. The smallest absolute Gasteiger partial charge is 0.143 e. The van der Waals surface area contributed by atoms with Crippen molar-refractivity contribution < 1.29 is 8.83 Å². The molecule has 0 atom stereocenters. The summed E-state index contributed by atoms with van der Waals surface area (Å²) in [6.07, 6.45) is 4.09. The van der Waals surface area contributed by atoms with E-state index in [0.29, 0.717) is 0 Å². The number of hydrogen-bond acceptors (Lipinski definition) is 3. The zero-order chi connectivity index (χ0) is 53.4. The molecule has 0 saturated heterocycles. The molecule has 0 bridgehead atoms. The van der Waals surface area contributed by atoms with Crippen LogP contribution in [-0.2, 0) is 10.8 Å². The molecule has 4 aliphatic rings. The predicted octanol–water partition coefficient (Wildman–Crippen LogP) is 20.2. The van der Waals surface area contributed by atoms with Crippen molar-refractivity contribution in [1.29, 1.82) is 0 Å². The molecule has 4 aliphatic carbocycles. The highest BCUT2D eigenvalue weighted by Gasteiger charge is 2.53. The number of para-hydroxylation sites is 4. The van der Waals surface area contributed by atoms with Gasteiger partial charge in [-0.2, -0.15) is 0 Å². The lowest BCUT2D eigenvalue weighted by molar-refractivity contribution is 0.669. The molecule has 0 radical (unpaired) electrons. The first kappa shape index (κ1) is 44.3. The van der Waals surface area contributed by atoms with Crippen molar-refractivity contribution in [1.82, 2.24) is 4.98 Å². The molecule has 0 N–H and O–H groups in total. The van der Waals surface area contributed by atoms with E-state index in [-0.39, 0.29) is 0 Å². The normalized spacial score (nSPS) is 14.0. The Morgan fingerprint density at radius 2 is 0.524 bits per heavy atom. The van der Waals surface area contributed by atoms with E-state index in [1.807, 2.05) is 24.5 Å². The van der Waals surface area contributed by atoms with E-state index in [1.54, 1.807) is 0 Å². The molecule has 0 fully saturated rings. The van der Waals surface area contributed by atoms with E-state index in [4.69, 9.17) is 13.8 Å². The summed E-state index contributed by atoms with van der Waals surface area (Å²) in [6.45, 7) is 0. The summed E-state index contributed by atoms with van der Waals surface area (Å²) >= 11 is 0. The Hall–Kier alpha value is -10.6. The second kappa shape index (κ2) is 16.0. The summed E-state index contributed by atoms with van der Waals surface area (Å²) in [5.41, 5.74) is 31.9. The summed E-state index contributed by atoms with van der Waals surface area (Å²) < 4.78 is 13.3. The number of benzene rings is 12. The number of nitrogens with zero attached hydrogens (tertiary/aromatic N) is 1. The Kier molecular flexibility index (Phi) is 8.66. The van der Waals surface area contributed by atoms with Crippen LogP contribution >= 0.6 is 0 Å². The zero-order valence-electron chi connectivity index (χ0n) is 44.2.